The smallest absolute Gasteiger partial charge is 0.350 e. The fourth-order valence-electron chi connectivity index (χ4n) is 3.40. The van der Waals surface area contributed by atoms with Crippen molar-refractivity contribution >= 4 is 34.7 Å². The minimum atomic E-state index is -0.465. The molecule has 1 aromatic heterocycles. The van der Waals surface area contributed by atoms with E-state index in [1.165, 1.54) is 18.4 Å². The summed E-state index contributed by atoms with van der Waals surface area (Å²) in [6, 6.07) is 8.86. The van der Waals surface area contributed by atoms with Crippen LogP contribution in [0.15, 0.2) is 35.7 Å². The number of esters is 1. The second-order valence-corrected chi connectivity index (χ2v) is 7.76. The summed E-state index contributed by atoms with van der Waals surface area (Å²) in [6.07, 6.45) is 1.42. The van der Waals surface area contributed by atoms with Gasteiger partial charge in [0.05, 0.1) is 26.5 Å². The van der Waals surface area contributed by atoms with E-state index in [0.29, 0.717) is 42.1 Å². The zero-order valence-corrected chi connectivity index (χ0v) is 17.3. The topological polar surface area (TPSA) is 84.9 Å². The first-order valence-electron chi connectivity index (χ1n) is 9.38. The monoisotopic (exact) mass is 416 g/mol. The molecule has 8 heteroatoms. The van der Waals surface area contributed by atoms with Crippen molar-refractivity contribution in [1.29, 1.82) is 0 Å². The van der Waals surface area contributed by atoms with Crippen LogP contribution in [0.4, 0.5) is 5.69 Å². The molecule has 1 aliphatic heterocycles. The first-order valence-corrected chi connectivity index (χ1v) is 10.3. The lowest BCUT2D eigenvalue weighted by Gasteiger charge is -2.30. The van der Waals surface area contributed by atoms with Crippen LogP contribution in [0.3, 0.4) is 0 Å². The largest absolute Gasteiger partial charge is 0.497 e. The van der Waals surface area contributed by atoms with Gasteiger partial charge in [0, 0.05) is 11.5 Å². The number of carbonyl (C=O) groups is 3. The molecule has 1 amide bonds. The highest BCUT2D eigenvalue weighted by Gasteiger charge is 2.27. The second kappa shape index (κ2) is 9.67. The number of rotatable bonds is 7. The summed E-state index contributed by atoms with van der Waals surface area (Å²) in [4.78, 5) is 39.2. The van der Waals surface area contributed by atoms with E-state index in [1.807, 2.05) is 4.90 Å². The van der Waals surface area contributed by atoms with E-state index in [4.69, 9.17) is 9.47 Å². The van der Waals surface area contributed by atoms with Crippen LogP contribution in [0.1, 0.15) is 32.9 Å². The second-order valence-electron chi connectivity index (χ2n) is 6.85. The summed E-state index contributed by atoms with van der Waals surface area (Å²) in [5.41, 5.74) is 1.16. The molecule has 2 aromatic rings. The number of likely N-dealkylation sites (tertiary alicyclic amines) is 1. The van der Waals surface area contributed by atoms with Gasteiger partial charge in [-0.3, -0.25) is 14.5 Å². The molecule has 1 N–H and O–H groups in total. The number of hydrogen-bond acceptors (Lipinski definition) is 7. The molecule has 0 spiro atoms. The fourth-order valence-corrected chi connectivity index (χ4v) is 4.16. The summed E-state index contributed by atoms with van der Waals surface area (Å²) in [7, 11) is 2.91. The fraction of sp³-hybridized carbons (Fsp3) is 0.381. The van der Waals surface area contributed by atoms with Gasteiger partial charge in [0.25, 0.3) is 0 Å². The van der Waals surface area contributed by atoms with Crippen molar-refractivity contribution in [3.8, 4) is 5.75 Å². The van der Waals surface area contributed by atoms with Crippen molar-refractivity contribution in [3.63, 3.8) is 0 Å². The van der Waals surface area contributed by atoms with Crippen molar-refractivity contribution in [2.24, 2.45) is 5.92 Å². The zero-order valence-electron chi connectivity index (χ0n) is 16.5. The van der Waals surface area contributed by atoms with E-state index < -0.39 is 5.97 Å². The Labute approximate surface area is 173 Å². The summed E-state index contributed by atoms with van der Waals surface area (Å²) < 4.78 is 9.85. The molecule has 0 atom stereocenters. The molecule has 0 saturated carbocycles. The Hall–Kier alpha value is -2.71. The highest BCUT2D eigenvalue weighted by molar-refractivity contribution is 7.12. The predicted molar refractivity (Wildman–Crippen MR) is 111 cm³/mol. The lowest BCUT2D eigenvalue weighted by Crippen LogP contribution is -2.40. The molecule has 154 valence electrons. The first kappa shape index (κ1) is 21.0. The van der Waals surface area contributed by atoms with E-state index in [9.17, 15) is 14.4 Å². The highest BCUT2D eigenvalue weighted by Crippen LogP contribution is 2.25. The van der Waals surface area contributed by atoms with Gasteiger partial charge in [-0.05, 0) is 61.6 Å². The number of ketones is 1. The highest BCUT2D eigenvalue weighted by atomic mass is 32.1. The number of benzene rings is 1. The number of nitrogens with zero attached hydrogens (tertiary/aromatic N) is 1. The van der Waals surface area contributed by atoms with Gasteiger partial charge < -0.3 is 14.8 Å². The third-order valence-electron chi connectivity index (χ3n) is 5.01. The number of anilines is 1. The maximum absolute atomic E-state index is 12.7. The van der Waals surface area contributed by atoms with Gasteiger partial charge in [0.2, 0.25) is 5.91 Å². The van der Waals surface area contributed by atoms with Crippen LogP contribution in [0.25, 0.3) is 0 Å². The van der Waals surface area contributed by atoms with Crippen molar-refractivity contribution in [2.45, 2.75) is 12.8 Å². The summed E-state index contributed by atoms with van der Waals surface area (Å²) >= 11 is 1.23. The summed E-state index contributed by atoms with van der Waals surface area (Å²) in [6.45, 7) is 1.57. The Morgan fingerprint density at radius 2 is 1.79 bits per heavy atom. The van der Waals surface area contributed by atoms with Crippen molar-refractivity contribution in [2.75, 3.05) is 39.2 Å². The summed E-state index contributed by atoms with van der Waals surface area (Å²) in [5, 5.41) is 4.51. The number of piperidine rings is 1. The lowest BCUT2D eigenvalue weighted by atomic mass is 9.89. The first-order chi connectivity index (χ1) is 14.0. The average molecular weight is 416 g/mol. The van der Waals surface area contributed by atoms with Gasteiger partial charge in [-0.1, -0.05) is 0 Å². The molecule has 0 bridgehead atoms. The predicted octanol–water partition coefficient (Wildman–Crippen LogP) is 3.08. The molecule has 1 fully saturated rings. The molecular formula is C21H24N2O5S. The van der Waals surface area contributed by atoms with Crippen molar-refractivity contribution < 1.29 is 23.9 Å². The molecule has 0 unspecified atom stereocenters. The molecule has 1 saturated heterocycles. The van der Waals surface area contributed by atoms with E-state index in [2.05, 4.69) is 5.32 Å². The van der Waals surface area contributed by atoms with E-state index in [0.717, 1.165) is 5.75 Å². The van der Waals surface area contributed by atoms with Crippen molar-refractivity contribution in [3.05, 3.63) is 46.2 Å². The van der Waals surface area contributed by atoms with Crippen LogP contribution >= 0.6 is 11.3 Å². The SMILES string of the molecule is COC(=O)c1sccc1NC(=O)CN1CCC(C(=O)c2ccc(OC)cc2)CC1. The molecule has 1 aliphatic rings. The van der Waals surface area contributed by atoms with Gasteiger partial charge in [-0.25, -0.2) is 4.79 Å². The van der Waals surface area contributed by atoms with Gasteiger partial charge in [0.15, 0.2) is 5.78 Å². The molecule has 1 aromatic carbocycles. The van der Waals surface area contributed by atoms with Gasteiger partial charge in [-0.2, -0.15) is 0 Å². The van der Waals surface area contributed by atoms with E-state index in [1.54, 1.807) is 42.8 Å². The Morgan fingerprint density at radius 1 is 1.10 bits per heavy atom. The normalized spacial score (nSPS) is 15.0. The van der Waals surface area contributed by atoms with Crippen LogP contribution in [0, 0.1) is 5.92 Å². The van der Waals surface area contributed by atoms with Crippen LogP contribution < -0.4 is 10.1 Å². The van der Waals surface area contributed by atoms with Crippen LogP contribution in [0.2, 0.25) is 0 Å². The Kier molecular flexibility index (Phi) is 7.00. The Balaban J connectivity index is 1.49. The van der Waals surface area contributed by atoms with Gasteiger partial charge >= 0.3 is 5.97 Å². The number of thiophene rings is 1. The van der Waals surface area contributed by atoms with E-state index >= 15 is 0 Å². The molecule has 2 heterocycles. The van der Waals surface area contributed by atoms with E-state index in [-0.39, 0.29) is 24.2 Å². The van der Waals surface area contributed by atoms with Crippen molar-refractivity contribution in [1.82, 2.24) is 4.90 Å². The minimum absolute atomic E-state index is 0.0366. The number of carbonyl (C=O) groups excluding carboxylic acids is 3. The number of Topliss-reactive ketones (excluding diaryl/α,β-unsaturated/α-hetero) is 1. The summed E-state index contributed by atoms with van der Waals surface area (Å²) in [5.74, 6) is 0.174. The number of nitrogens with one attached hydrogen (secondary N) is 1. The molecule has 0 radical (unpaired) electrons. The molecular weight excluding hydrogens is 392 g/mol. The van der Waals surface area contributed by atoms with Gasteiger partial charge in [0.1, 0.15) is 10.6 Å². The molecule has 7 nitrogen and oxygen atoms in total. The molecule has 3 rings (SSSR count). The number of ether oxygens (including phenoxy) is 2. The minimum Gasteiger partial charge on any atom is -0.497 e. The maximum Gasteiger partial charge on any atom is 0.350 e. The number of methoxy groups -OCH3 is 2. The lowest BCUT2D eigenvalue weighted by molar-refractivity contribution is -0.117. The maximum atomic E-state index is 12.7. The zero-order chi connectivity index (χ0) is 20.8. The number of hydrogen-bond donors (Lipinski definition) is 1. The molecule has 0 aliphatic carbocycles. The third kappa shape index (κ3) is 5.21. The quantitative estimate of drug-likeness (QED) is 0.552. The Bertz CT molecular complexity index is 869. The Morgan fingerprint density at radius 3 is 2.41 bits per heavy atom. The average Bonchev–Trinajstić information content (AvgIpc) is 3.21. The third-order valence-corrected chi connectivity index (χ3v) is 5.90. The van der Waals surface area contributed by atoms with Crippen LogP contribution in [-0.4, -0.2) is 56.4 Å². The standard InChI is InChI=1S/C21H24N2O5S/c1-27-16-5-3-14(4-6-16)19(25)15-7-10-23(11-8-15)13-18(24)22-17-9-12-29-20(17)21(26)28-2/h3-6,9,12,15H,7-8,10-11,13H2,1-2H3,(H,22,24). The number of amides is 1. The van der Waals surface area contributed by atoms with Gasteiger partial charge in [-0.15, -0.1) is 11.3 Å². The van der Waals surface area contributed by atoms with Crippen LogP contribution in [-0.2, 0) is 9.53 Å². The van der Waals surface area contributed by atoms with Crippen LogP contribution in [0.5, 0.6) is 5.75 Å². The molecule has 29 heavy (non-hydrogen) atoms.